The number of hydrogen-bond donors (Lipinski definition) is 1. The van der Waals surface area contributed by atoms with Crippen molar-refractivity contribution >= 4 is 10.0 Å². The lowest BCUT2D eigenvalue weighted by atomic mass is 9.98. The highest BCUT2D eigenvalue weighted by molar-refractivity contribution is 7.89. The molecule has 1 fully saturated rings. The van der Waals surface area contributed by atoms with Gasteiger partial charge in [-0.15, -0.1) is 0 Å². The maximum Gasteiger partial charge on any atom is 0.240 e. The first kappa shape index (κ1) is 19.2. The molecule has 0 aromatic heterocycles. The molecule has 1 aliphatic carbocycles. The standard InChI is InChI=1S/C18H29NO4S/c1-14-15(2)18(11-10-17(14)22-3)24(20,21)19-12-7-13-23-16-8-5-4-6-9-16/h10-11,16,19H,4-9,12-13H2,1-3H3. The van der Waals surface area contributed by atoms with Crippen LogP contribution in [0.1, 0.15) is 49.7 Å². The van der Waals surface area contributed by atoms with E-state index in [1.54, 1.807) is 26.2 Å². The molecule has 0 spiro atoms. The van der Waals surface area contributed by atoms with Crippen molar-refractivity contribution in [3.8, 4) is 5.75 Å². The van der Waals surface area contributed by atoms with Crippen molar-refractivity contribution in [2.45, 2.75) is 63.4 Å². The van der Waals surface area contributed by atoms with Gasteiger partial charge in [-0.1, -0.05) is 19.3 Å². The average molecular weight is 356 g/mol. The number of benzene rings is 1. The number of sulfonamides is 1. The second-order valence-electron chi connectivity index (χ2n) is 6.40. The molecule has 136 valence electrons. The number of methoxy groups -OCH3 is 1. The van der Waals surface area contributed by atoms with Crippen molar-refractivity contribution in [1.82, 2.24) is 4.72 Å². The van der Waals surface area contributed by atoms with E-state index in [2.05, 4.69) is 4.72 Å². The van der Waals surface area contributed by atoms with Crippen LogP contribution in [0.2, 0.25) is 0 Å². The zero-order valence-electron chi connectivity index (χ0n) is 14.9. The third-order valence-electron chi connectivity index (χ3n) is 4.72. The third-order valence-corrected chi connectivity index (χ3v) is 6.32. The van der Waals surface area contributed by atoms with Crippen molar-refractivity contribution in [1.29, 1.82) is 0 Å². The second kappa shape index (κ2) is 8.83. The first-order valence-corrected chi connectivity index (χ1v) is 10.2. The van der Waals surface area contributed by atoms with Crippen LogP contribution in [0.5, 0.6) is 5.75 Å². The minimum absolute atomic E-state index is 0.314. The van der Waals surface area contributed by atoms with Gasteiger partial charge in [0.15, 0.2) is 0 Å². The van der Waals surface area contributed by atoms with Gasteiger partial charge < -0.3 is 9.47 Å². The van der Waals surface area contributed by atoms with Gasteiger partial charge in [0.25, 0.3) is 0 Å². The predicted molar refractivity (Wildman–Crippen MR) is 95.1 cm³/mol. The zero-order chi connectivity index (χ0) is 17.6. The van der Waals surface area contributed by atoms with E-state index in [4.69, 9.17) is 9.47 Å². The average Bonchev–Trinajstić information content (AvgIpc) is 2.57. The maximum absolute atomic E-state index is 12.5. The lowest BCUT2D eigenvalue weighted by Gasteiger charge is -2.22. The van der Waals surface area contributed by atoms with Crippen LogP contribution in [0.3, 0.4) is 0 Å². The first-order chi connectivity index (χ1) is 11.5. The quantitative estimate of drug-likeness (QED) is 0.727. The molecule has 0 unspecified atom stereocenters. The molecule has 1 aliphatic rings. The molecule has 0 radical (unpaired) electrons. The van der Waals surface area contributed by atoms with Crippen LogP contribution in [0.4, 0.5) is 0 Å². The van der Waals surface area contributed by atoms with E-state index in [1.165, 1.54) is 19.3 Å². The fraction of sp³-hybridized carbons (Fsp3) is 0.667. The predicted octanol–water partition coefficient (Wildman–Crippen LogP) is 3.33. The lowest BCUT2D eigenvalue weighted by molar-refractivity contribution is 0.0278. The van der Waals surface area contributed by atoms with Crippen LogP contribution in [0.15, 0.2) is 17.0 Å². The molecule has 0 heterocycles. The Kier molecular flexibility index (Phi) is 7.07. The van der Waals surface area contributed by atoms with Gasteiger partial charge in [0.05, 0.1) is 18.1 Å². The molecular formula is C18H29NO4S. The van der Waals surface area contributed by atoms with Crippen molar-refractivity contribution in [3.63, 3.8) is 0 Å². The van der Waals surface area contributed by atoms with Crippen molar-refractivity contribution in [2.75, 3.05) is 20.3 Å². The van der Waals surface area contributed by atoms with Gasteiger partial charge >= 0.3 is 0 Å². The number of ether oxygens (including phenoxy) is 2. The first-order valence-electron chi connectivity index (χ1n) is 8.71. The number of rotatable bonds is 8. The Morgan fingerprint density at radius 2 is 1.83 bits per heavy atom. The van der Waals surface area contributed by atoms with E-state index in [0.717, 1.165) is 24.0 Å². The van der Waals surface area contributed by atoms with Gasteiger partial charge in [0.1, 0.15) is 5.75 Å². The molecular weight excluding hydrogens is 326 g/mol. The van der Waals surface area contributed by atoms with Crippen LogP contribution < -0.4 is 9.46 Å². The monoisotopic (exact) mass is 355 g/mol. The van der Waals surface area contributed by atoms with Crippen molar-refractivity contribution in [3.05, 3.63) is 23.3 Å². The van der Waals surface area contributed by atoms with E-state index < -0.39 is 10.0 Å². The Bertz CT molecular complexity index is 637. The fourth-order valence-corrected chi connectivity index (χ4v) is 4.49. The molecule has 24 heavy (non-hydrogen) atoms. The molecule has 1 N–H and O–H groups in total. The van der Waals surface area contributed by atoms with Crippen LogP contribution in [0.25, 0.3) is 0 Å². The summed E-state index contributed by atoms with van der Waals surface area (Å²) in [7, 11) is -1.92. The summed E-state index contributed by atoms with van der Waals surface area (Å²) in [5.41, 5.74) is 1.57. The summed E-state index contributed by atoms with van der Waals surface area (Å²) < 4.78 is 38.7. The minimum Gasteiger partial charge on any atom is -0.496 e. The molecule has 1 aromatic rings. The highest BCUT2D eigenvalue weighted by Gasteiger charge is 2.19. The highest BCUT2D eigenvalue weighted by atomic mass is 32.2. The van der Waals surface area contributed by atoms with Crippen LogP contribution in [-0.4, -0.2) is 34.8 Å². The molecule has 0 bridgehead atoms. The summed E-state index contributed by atoms with van der Waals surface area (Å²) in [4.78, 5) is 0.314. The summed E-state index contributed by atoms with van der Waals surface area (Å²) in [6.45, 7) is 4.66. The highest BCUT2D eigenvalue weighted by Crippen LogP contribution is 2.26. The Morgan fingerprint density at radius 1 is 1.12 bits per heavy atom. The minimum atomic E-state index is -3.50. The molecule has 0 amide bonds. The van der Waals surface area contributed by atoms with Crippen LogP contribution in [-0.2, 0) is 14.8 Å². The molecule has 1 saturated carbocycles. The Balaban J connectivity index is 1.84. The molecule has 0 saturated heterocycles. The summed E-state index contributed by atoms with van der Waals surface area (Å²) >= 11 is 0. The summed E-state index contributed by atoms with van der Waals surface area (Å²) in [6, 6.07) is 3.30. The van der Waals surface area contributed by atoms with E-state index in [1.807, 2.05) is 6.92 Å². The molecule has 0 aliphatic heterocycles. The Labute approximate surface area is 145 Å². The molecule has 1 aromatic carbocycles. The summed E-state index contributed by atoms with van der Waals surface area (Å²) in [6.07, 6.45) is 7.11. The van der Waals surface area contributed by atoms with Crippen LogP contribution >= 0.6 is 0 Å². The zero-order valence-corrected chi connectivity index (χ0v) is 15.7. The van der Waals surface area contributed by atoms with E-state index >= 15 is 0 Å². The SMILES string of the molecule is COc1ccc(S(=O)(=O)NCCCOC2CCCCC2)c(C)c1C. The van der Waals surface area contributed by atoms with Crippen molar-refractivity contribution in [2.24, 2.45) is 0 Å². The number of nitrogens with one attached hydrogen (secondary N) is 1. The van der Waals surface area contributed by atoms with Crippen LogP contribution in [0, 0.1) is 13.8 Å². The van der Waals surface area contributed by atoms with Gasteiger partial charge in [-0.25, -0.2) is 13.1 Å². The maximum atomic E-state index is 12.5. The van der Waals surface area contributed by atoms with Gasteiger partial charge in [-0.05, 0) is 56.4 Å². The van der Waals surface area contributed by atoms with Gasteiger partial charge in [0, 0.05) is 13.2 Å². The van der Waals surface area contributed by atoms with Gasteiger partial charge in [-0.3, -0.25) is 0 Å². The molecule has 0 atom stereocenters. The molecule has 2 rings (SSSR count). The third kappa shape index (κ3) is 4.94. The van der Waals surface area contributed by atoms with E-state index in [9.17, 15) is 8.42 Å². The molecule has 6 heteroatoms. The van der Waals surface area contributed by atoms with E-state index in [-0.39, 0.29) is 0 Å². The summed E-state index contributed by atoms with van der Waals surface area (Å²) in [5.74, 6) is 0.701. The molecule has 5 nitrogen and oxygen atoms in total. The lowest BCUT2D eigenvalue weighted by Crippen LogP contribution is -2.27. The Morgan fingerprint density at radius 3 is 2.50 bits per heavy atom. The van der Waals surface area contributed by atoms with Gasteiger partial charge in [0.2, 0.25) is 10.0 Å². The fourth-order valence-electron chi connectivity index (χ4n) is 3.12. The van der Waals surface area contributed by atoms with E-state index in [0.29, 0.717) is 36.3 Å². The largest absolute Gasteiger partial charge is 0.496 e. The summed E-state index contributed by atoms with van der Waals surface area (Å²) in [5, 5.41) is 0. The normalized spacial score (nSPS) is 16.3. The Hall–Kier alpha value is -1.11. The second-order valence-corrected chi connectivity index (χ2v) is 8.13. The smallest absolute Gasteiger partial charge is 0.240 e. The van der Waals surface area contributed by atoms with Crippen molar-refractivity contribution < 1.29 is 17.9 Å². The topological polar surface area (TPSA) is 64.6 Å². The number of hydrogen-bond acceptors (Lipinski definition) is 4. The van der Waals surface area contributed by atoms with Gasteiger partial charge in [-0.2, -0.15) is 0 Å².